The topological polar surface area (TPSA) is 64.7 Å². The van der Waals surface area contributed by atoms with Crippen molar-refractivity contribution in [3.8, 4) is 0 Å². The fourth-order valence-corrected chi connectivity index (χ4v) is 3.12. The largest absolute Gasteiger partial charge is 0.369 e. The smallest absolute Gasteiger partial charge is 0.253 e. The summed E-state index contributed by atoms with van der Waals surface area (Å²) in [5.41, 5.74) is 1.12. The molecule has 118 valence electrons. The first-order valence-electron chi connectivity index (χ1n) is 7.63. The van der Waals surface area contributed by atoms with Crippen molar-refractivity contribution in [3.63, 3.8) is 0 Å². The molecule has 0 saturated carbocycles. The Morgan fingerprint density at radius 3 is 2.64 bits per heavy atom. The average Bonchev–Trinajstić information content (AvgIpc) is 2.52. The normalized spacial score (nSPS) is 19.5. The lowest BCUT2D eigenvalue weighted by atomic mass is 9.84. The number of piperidine rings is 1. The molecule has 2 amide bonds. The summed E-state index contributed by atoms with van der Waals surface area (Å²) in [7, 11) is 3.42. The molecule has 2 aliphatic rings. The molecule has 22 heavy (non-hydrogen) atoms. The Balaban J connectivity index is 1.98. The summed E-state index contributed by atoms with van der Waals surface area (Å²) in [4.78, 5) is 28.4. The van der Waals surface area contributed by atoms with Crippen LogP contribution in [0.4, 0.5) is 11.4 Å². The van der Waals surface area contributed by atoms with Crippen molar-refractivity contribution < 1.29 is 9.59 Å². The number of hydrogen-bond acceptors (Lipinski definition) is 4. The van der Waals surface area contributed by atoms with Gasteiger partial charge in [-0.15, -0.1) is 0 Å². The van der Waals surface area contributed by atoms with Gasteiger partial charge in [0, 0.05) is 14.1 Å². The molecule has 0 unspecified atom stereocenters. The zero-order valence-corrected chi connectivity index (χ0v) is 13.1. The number of hydrogen-bond donors (Lipinski definition) is 2. The number of rotatable bonds is 2. The summed E-state index contributed by atoms with van der Waals surface area (Å²) in [5.74, 6) is -0.0722. The van der Waals surface area contributed by atoms with Gasteiger partial charge in [0.2, 0.25) is 5.91 Å². The molecule has 0 bridgehead atoms. The maximum absolute atomic E-state index is 13.1. The zero-order valence-electron chi connectivity index (χ0n) is 13.1. The lowest BCUT2D eigenvalue weighted by Gasteiger charge is -2.45. The molecule has 1 aromatic carbocycles. The second-order valence-corrected chi connectivity index (χ2v) is 6.15. The number of amides is 2. The van der Waals surface area contributed by atoms with Crippen LogP contribution in [0.25, 0.3) is 0 Å². The summed E-state index contributed by atoms with van der Waals surface area (Å²) in [6.07, 6.45) is 1.46. The van der Waals surface area contributed by atoms with Crippen LogP contribution in [0.5, 0.6) is 0 Å². The number of anilines is 2. The third-order valence-electron chi connectivity index (χ3n) is 4.47. The summed E-state index contributed by atoms with van der Waals surface area (Å²) < 4.78 is 0. The van der Waals surface area contributed by atoms with E-state index < -0.39 is 5.54 Å². The third kappa shape index (κ3) is 2.43. The van der Waals surface area contributed by atoms with E-state index in [-0.39, 0.29) is 18.4 Å². The van der Waals surface area contributed by atoms with E-state index in [4.69, 9.17) is 0 Å². The molecular formula is C16H22N4O2. The van der Waals surface area contributed by atoms with E-state index in [0.29, 0.717) is 0 Å². The van der Waals surface area contributed by atoms with Gasteiger partial charge in [-0.05, 0) is 38.1 Å². The highest BCUT2D eigenvalue weighted by molar-refractivity contribution is 6.10. The van der Waals surface area contributed by atoms with Gasteiger partial charge < -0.3 is 15.5 Å². The number of fused-ring (bicyclic) bond motifs is 1. The maximum atomic E-state index is 13.1. The van der Waals surface area contributed by atoms with Crippen LogP contribution in [-0.2, 0) is 9.59 Å². The SMILES string of the molecule is CN(C)C(=O)CN1C(=O)C2(CCNCC2)Nc2ccccc21. The number of para-hydroxylation sites is 2. The van der Waals surface area contributed by atoms with Gasteiger partial charge in [-0.1, -0.05) is 12.1 Å². The van der Waals surface area contributed by atoms with Gasteiger partial charge in [-0.3, -0.25) is 14.5 Å². The van der Waals surface area contributed by atoms with Crippen LogP contribution in [0.2, 0.25) is 0 Å². The number of likely N-dealkylation sites (N-methyl/N-ethyl adjacent to an activating group) is 1. The first-order valence-corrected chi connectivity index (χ1v) is 7.63. The molecule has 2 heterocycles. The first-order chi connectivity index (χ1) is 10.5. The quantitative estimate of drug-likeness (QED) is 0.842. The van der Waals surface area contributed by atoms with E-state index in [9.17, 15) is 9.59 Å². The van der Waals surface area contributed by atoms with Gasteiger partial charge in [0.05, 0.1) is 11.4 Å². The minimum Gasteiger partial charge on any atom is -0.369 e. The van der Waals surface area contributed by atoms with Crippen molar-refractivity contribution in [2.24, 2.45) is 0 Å². The van der Waals surface area contributed by atoms with Crippen molar-refractivity contribution in [1.29, 1.82) is 0 Å². The molecule has 1 saturated heterocycles. The molecule has 6 heteroatoms. The van der Waals surface area contributed by atoms with E-state index in [0.717, 1.165) is 37.3 Å². The number of carbonyl (C=O) groups excluding carboxylic acids is 2. The molecule has 2 aliphatic heterocycles. The fourth-order valence-electron chi connectivity index (χ4n) is 3.12. The molecule has 3 rings (SSSR count). The number of benzene rings is 1. The van der Waals surface area contributed by atoms with Gasteiger partial charge in [-0.2, -0.15) is 0 Å². The number of nitrogens with zero attached hydrogens (tertiary/aromatic N) is 2. The van der Waals surface area contributed by atoms with Crippen LogP contribution >= 0.6 is 0 Å². The molecule has 0 aliphatic carbocycles. The Morgan fingerprint density at radius 2 is 1.95 bits per heavy atom. The van der Waals surface area contributed by atoms with Crippen molar-refractivity contribution in [3.05, 3.63) is 24.3 Å². The first kappa shape index (κ1) is 14.8. The molecule has 1 fully saturated rings. The highest BCUT2D eigenvalue weighted by Crippen LogP contribution is 2.38. The lowest BCUT2D eigenvalue weighted by Crippen LogP contribution is -2.62. The van der Waals surface area contributed by atoms with Gasteiger partial charge in [-0.25, -0.2) is 0 Å². The Kier molecular flexibility index (Phi) is 3.78. The van der Waals surface area contributed by atoms with Crippen LogP contribution in [-0.4, -0.2) is 56.0 Å². The van der Waals surface area contributed by atoms with Crippen molar-refractivity contribution in [1.82, 2.24) is 10.2 Å². The van der Waals surface area contributed by atoms with Gasteiger partial charge in [0.15, 0.2) is 0 Å². The second-order valence-electron chi connectivity index (χ2n) is 6.15. The molecule has 6 nitrogen and oxygen atoms in total. The zero-order chi connectivity index (χ0) is 15.7. The number of carbonyl (C=O) groups is 2. The van der Waals surface area contributed by atoms with E-state index in [1.54, 1.807) is 19.0 Å². The molecular weight excluding hydrogens is 280 g/mol. The highest BCUT2D eigenvalue weighted by atomic mass is 16.2. The van der Waals surface area contributed by atoms with E-state index >= 15 is 0 Å². The minimum absolute atomic E-state index is 0.00269. The molecule has 2 N–H and O–H groups in total. The van der Waals surface area contributed by atoms with Crippen molar-refractivity contribution in [2.45, 2.75) is 18.4 Å². The van der Waals surface area contributed by atoms with Crippen LogP contribution in [0.3, 0.4) is 0 Å². The van der Waals surface area contributed by atoms with E-state index in [2.05, 4.69) is 10.6 Å². The van der Waals surface area contributed by atoms with Gasteiger partial charge in [0.1, 0.15) is 12.1 Å². The molecule has 0 radical (unpaired) electrons. The maximum Gasteiger partial charge on any atom is 0.253 e. The third-order valence-corrected chi connectivity index (χ3v) is 4.47. The van der Waals surface area contributed by atoms with Crippen molar-refractivity contribution in [2.75, 3.05) is 43.9 Å². The highest BCUT2D eigenvalue weighted by Gasteiger charge is 2.46. The summed E-state index contributed by atoms with van der Waals surface area (Å²) in [5, 5.41) is 6.73. The second kappa shape index (κ2) is 5.61. The monoisotopic (exact) mass is 302 g/mol. The predicted octanol–water partition coefficient (Wildman–Crippen LogP) is 0.656. The van der Waals surface area contributed by atoms with Gasteiger partial charge in [0.25, 0.3) is 5.91 Å². The van der Waals surface area contributed by atoms with Gasteiger partial charge >= 0.3 is 0 Å². The molecule has 1 spiro atoms. The average molecular weight is 302 g/mol. The standard InChI is InChI=1S/C16H22N4O2/c1-19(2)14(21)11-20-13-6-4-3-5-12(13)18-16(15(20)22)7-9-17-10-8-16/h3-6,17-18H,7-11H2,1-2H3. The Morgan fingerprint density at radius 1 is 1.27 bits per heavy atom. The van der Waals surface area contributed by atoms with Crippen LogP contribution in [0.15, 0.2) is 24.3 Å². The molecule has 0 atom stereocenters. The minimum atomic E-state index is -0.591. The fraction of sp³-hybridized carbons (Fsp3) is 0.500. The predicted molar refractivity (Wildman–Crippen MR) is 85.9 cm³/mol. The lowest BCUT2D eigenvalue weighted by molar-refractivity contribution is -0.130. The Hall–Kier alpha value is -2.08. The number of nitrogens with one attached hydrogen (secondary N) is 2. The molecule has 0 aromatic heterocycles. The summed E-state index contributed by atoms with van der Waals surface area (Å²) in [6.45, 7) is 1.69. The van der Waals surface area contributed by atoms with E-state index in [1.807, 2.05) is 24.3 Å². The van der Waals surface area contributed by atoms with E-state index in [1.165, 1.54) is 4.90 Å². The Labute approximate surface area is 130 Å². The summed E-state index contributed by atoms with van der Waals surface area (Å²) >= 11 is 0. The Bertz CT molecular complexity index is 594. The van der Waals surface area contributed by atoms with Crippen LogP contribution in [0.1, 0.15) is 12.8 Å². The van der Waals surface area contributed by atoms with Crippen LogP contribution < -0.4 is 15.5 Å². The molecule has 1 aromatic rings. The van der Waals surface area contributed by atoms with Crippen molar-refractivity contribution >= 4 is 23.2 Å². The van der Waals surface area contributed by atoms with Crippen LogP contribution in [0, 0.1) is 0 Å². The summed E-state index contributed by atoms with van der Waals surface area (Å²) in [6, 6.07) is 7.69.